The van der Waals surface area contributed by atoms with Crippen molar-refractivity contribution in [1.82, 2.24) is 4.57 Å². The van der Waals surface area contributed by atoms with E-state index in [4.69, 9.17) is 0 Å². The predicted octanol–water partition coefficient (Wildman–Crippen LogP) is 6.33. The topological polar surface area (TPSA) is 54.6 Å². The van der Waals surface area contributed by atoms with Crippen molar-refractivity contribution < 1.29 is 10.0 Å². The summed E-state index contributed by atoms with van der Waals surface area (Å²) in [5, 5.41) is 15.1. The molecule has 3 aromatic carbocycles. The SMILES string of the molecule is CCCC(=NO)c1ccc2c(c1)c1cc(C(=O)c3ccccc3C)ccc1n2CC. The van der Waals surface area contributed by atoms with Crippen molar-refractivity contribution in [3.63, 3.8) is 0 Å². The Labute approximate surface area is 176 Å². The van der Waals surface area contributed by atoms with E-state index < -0.39 is 0 Å². The predicted molar refractivity (Wildman–Crippen MR) is 123 cm³/mol. The molecule has 0 spiro atoms. The number of aromatic nitrogens is 1. The third kappa shape index (κ3) is 3.28. The highest BCUT2D eigenvalue weighted by atomic mass is 16.4. The zero-order valence-electron chi connectivity index (χ0n) is 17.6. The molecule has 1 heterocycles. The molecule has 0 aliphatic heterocycles. The van der Waals surface area contributed by atoms with Gasteiger partial charge < -0.3 is 9.77 Å². The van der Waals surface area contributed by atoms with Gasteiger partial charge in [-0.25, -0.2) is 0 Å². The Morgan fingerprint density at radius 3 is 2.17 bits per heavy atom. The van der Waals surface area contributed by atoms with Crippen molar-refractivity contribution in [1.29, 1.82) is 0 Å². The van der Waals surface area contributed by atoms with E-state index in [0.717, 1.165) is 51.5 Å². The van der Waals surface area contributed by atoms with Gasteiger partial charge >= 0.3 is 0 Å². The molecule has 0 amide bonds. The maximum Gasteiger partial charge on any atom is 0.193 e. The van der Waals surface area contributed by atoms with Gasteiger partial charge in [0.1, 0.15) is 0 Å². The van der Waals surface area contributed by atoms with E-state index in [2.05, 4.69) is 35.7 Å². The molecule has 1 N–H and O–H groups in total. The molecule has 0 aliphatic rings. The molecule has 0 fully saturated rings. The van der Waals surface area contributed by atoms with Crippen molar-refractivity contribution >= 4 is 33.3 Å². The van der Waals surface area contributed by atoms with Gasteiger partial charge in [-0.15, -0.1) is 0 Å². The first-order valence-corrected chi connectivity index (χ1v) is 10.5. The van der Waals surface area contributed by atoms with Crippen LogP contribution in [0.4, 0.5) is 0 Å². The number of aryl methyl sites for hydroxylation is 2. The Kier molecular flexibility index (Phi) is 5.40. The van der Waals surface area contributed by atoms with Crippen molar-refractivity contribution in [2.75, 3.05) is 0 Å². The highest BCUT2D eigenvalue weighted by Gasteiger charge is 2.16. The van der Waals surface area contributed by atoms with Gasteiger partial charge in [-0.1, -0.05) is 48.8 Å². The fraction of sp³-hybridized carbons (Fsp3) is 0.231. The lowest BCUT2D eigenvalue weighted by molar-refractivity contribution is 0.103. The molecule has 0 atom stereocenters. The maximum atomic E-state index is 13.2. The normalized spacial score (nSPS) is 12.0. The van der Waals surface area contributed by atoms with Crippen molar-refractivity contribution in [2.24, 2.45) is 5.16 Å². The molecule has 1 aromatic heterocycles. The largest absolute Gasteiger partial charge is 0.411 e. The Morgan fingerprint density at radius 2 is 1.57 bits per heavy atom. The summed E-state index contributed by atoms with van der Waals surface area (Å²) in [5.41, 5.74) is 6.21. The zero-order chi connectivity index (χ0) is 21.3. The number of carbonyl (C=O) groups excluding carboxylic acids is 1. The number of rotatable bonds is 6. The summed E-state index contributed by atoms with van der Waals surface area (Å²) in [5.74, 6) is 0.0344. The average Bonchev–Trinajstić information content (AvgIpc) is 3.09. The summed E-state index contributed by atoms with van der Waals surface area (Å²) in [7, 11) is 0. The molecule has 152 valence electrons. The number of carbonyl (C=O) groups is 1. The van der Waals surface area contributed by atoms with Gasteiger partial charge in [0, 0.05) is 45.0 Å². The van der Waals surface area contributed by atoms with Gasteiger partial charge in [-0.2, -0.15) is 0 Å². The van der Waals surface area contributed by atoms with Gasteiger partial charge in [0.25, 0.3) is 0 Å². The van der Waals surface area contributed by atoms with Crippen molar-refractivity contribution in [3.8, 4) is 0 Å². The third-order valence-corrected chi connectivity index (χ3v) is 5.77. The minimum absolute atomic E-state index is 0.0344. The van der Waals surface area contributed by atoms with E-state index in [0.29, 0.717) is 17.7 Å². The molecule has 0 aliphatic carbocycles. The van der Waals surface area contributed by atoms with Crippen LogP contribution in [0.2, 0.25) is 0 Å². The summed E-state index contributed by atoms with van der Waals surface area (Å²) in [6, 6.07) is 19.8. The summed E-state index contributed by atoms with van der Waals surface area (Å²) in [6.07, 6.45) is 1.62. The van der Waals surface area contributed by atoms with Crippen LogP contribution in [-0.2, 0) is 6.54 Å². The molecule has 0 bridgehead atoms. The Balaban J connectivity index is 1.92. The lowest BCUT2D eigenvalue weighted by atomic mass is 9.97. The second kappa shape index (κ2) is 8.15. The van der Waals surface area contributed by atoms with Crippen molar-refractivity contribution in [3.05, 3.63) is 82.9 Å². The second-order valence-corrected chi connectivity index (χ2v) is 7.65. The van der Waals surface area contributed by atoms with Crippen LogP contribution in [-0.4, -0.2) is 21.3 Å². The molecule has 0 saturated carbocycles. The summed E-state index contributed by atoms with van der Waals surface area (Å²) >= 11 is 0. The number of benzene rings is 3. The first-order valence-electron chi connectivity index (χ1n) is 10.5. The molecular formula is C26H26N2O2. The van der Waals surface area contributed by atoms with Gasteiger partial charge in [0.2, 0.25) is 0 Å². The first-order chi connectivity index (χ1) is 14.6. The summed E-state index contributed by atoms with van der Waals surface area (Å²) in [6.45, 7) is 6.98. The maximum absolute atomic E-state index is 13.2. The molecule has 0 saturated heterocycles. The highest BCUT2D eigenvalue weighted by molar-refractivity contribution is 6.16. The van der Waals surface area contributed by atoms with E-state index >= 15 is 0 Å². The second-order valence-electron chi connectivity index (χ2n) is 7.65. The quantitative estimate of drug-likeness (QED) is 0.178. The standard InChI is InChI=1S/C26H26N2O2/c1-4-8-23(27-30)18-11-13-24-21(15-18)22-16-19(12-14-25(22)28(24)5-2)26(29)20-10-7-6-9-17(20)3/h6-7,9-16,30H,4-5,8H2,1-3H3. The van der Waals surface area contributed by atoms with E-state index in [9.17, 15) is 10.0 Å². The van der Waals surface area contributed by atoms with Gasteiger partial charge in [0.05, 0.1) is 5.71 Å². The monoisotopic (exact) mass is 398 g/mol. The lowest BCUT2D eigenvalue weighted by Crippen LogP contribution is -2.03. The van der Waals surface area contributed by atoms with E-state index in [-0.39, 0.29) is 5.78 Å². The number of fused-ring (bicyclic) bond motifs is 3. The number of ketones is 1. The zero-order valence-corrected chi connectivity index (χ0v) is 17.6. The van der Waals surface area contributed by atoms with Crippen LogP contribution in [0.15, 0.2) is 65.8 Å². The van der Waals surface area contributed by atoms with Crippen LogP contribution in [0.5, 0.6) is 0 Å². The lowest BCUT2D eigenvalue weighted by Gasteiger charge is -2.06. The Hall–Kier alpha value is -3.40. The average molecular weight is 399 g/mol. The molecule has 30 heavy (non-hydrogen) atoms. The van der Waals surface area contributed by atoms with E-state index in [1.54, 1.807) is 0 Å². The number of hydrogen-bond donors (Lipinski definition) is 1. The van der Waals surface area contributed by atoms with E-state index in [1.807, 2.05) is 55.5 Å². The number of oxime groups is 1. The van der Waals surface area contributed by atoms with Gasteiger partial charge in [-0.3, -0.25) is 4.79 Å². The minimum Gasteiger partial charge on any atom is -0.411 e. The van der Waals surface area contributed by atoms with Crippen LogP contribution >= 0.6 is 0 Å². The van der Waals surface area contributed by atoms with Gasteiger partial charge in [0.15, 0.2) is 5.78 Å². The summed E-state index contributed by atoms with van der Waals surface area (Å²) < 4.78 is 2.26. The number of hydrogen-bond acceptors (Lipinski definition) is 3. The van der Waals surface area contributed by atoms with Crippen LogP contribution in [0.25, 0.3) is 21.8 Å². The van der Waals surface area contributed by atoms with E-state index in [1.165, 1.54) is 0 Å². The molecule has 0 radical (unpaired) electrons. The van der Waals surface area contributed by atoms with Crippen LogP contribution in [0.1, 0.15) is 53.7 Å². The first kappa shape index (κ1) is 19.9. The molecule has 0 unspecified atom stereocenters. The Bertz CT molecular complexity index is 1280. The molecule has 4 aromatic rings. The minimum atomic E-state index is 0.0344. The summed E-state index contributed by atoms with van der Waals surface area (Å²) in [4.78, 5) is 13.2. The van der Waals surface area contributed by atoms with Crippen LogP contribution in [0.3, 0.4) is 0 Å². The highest BCUT2D eigenvalue weighted by Crippen LogP contribution is 2.32. The third-order valence-electron chi connectivity index (χ3n) is 5.77. The van der Waals surface area contributed by atoms with Crippen LogP contribution in [0, 0.1) is 6.92 Å². The fourth-order valence-corrected chi connectivity index (χ4v) is 4.24. The molecule has 4 rings (SSSR count). The molecule has 4 heteroatoms. The fourth-order valence-electron chi connectivity index (χ4n) is 4.24. The van der Waals surface area contributed by atoms with Crippen LogP contribution < -0.4 is 0 Å². The van der Waals surface area contributed by atoms with Gasteiger partial charge in [-0.05, 0) is 56.2 Å². The number of nitrogens with zero attached hydrogens (tertiary/aromatic N) is 2. The molecule has 4 nitrogen and oxygen atoms in total. The smallest absolute Gasteiger partial charge is 0.193 e. The van der Waals surface area contributed by atoms with Crippen molar-refractivity contribution in [2.45, 2.75) is 40.2 Å². The molecular weight excluding hydrogens is 372 g/mol. The Morgan fingerprint density at radius 1 is 0.933 bits per heavy atom.